The summed E-state index contributed by atoms with van der Waals surface area (Å²) < 4.78 is 10.8. The lowest BCUT2D eigenvalue weighted by atomic mass is 10.0. The van der Waals surface area contributed by atoms with Gasteiger partial charge in [-0.15, -0.1) is 22.6 Å². The molecule has 0 unspecified atom stereocenters. The zero-order valence-electron chi connectivity index (χ0n) is 18.0. The highest BCUT2D eigenvalue weighted by Crippen LogP contribution is 2.32. The number of aromatic nitrogens is 3. The molecule has 1 aliphatic rings. The average molecular weight is 478 g/mol. The third-order valence-electron chi connectivity index (χ3n) is 5.18. The van der Waals surface area contributed by atoms with Crippen LogP contribution in [0.5, 0.6) is 5.88 Å². The van der Waals surface area contributed by atoms with E-state index in [2.05, 4.69) is 20.3 Å². The molecule has 3 heterocycles. The number of benzene rings is 1. The van der Waals surface area contributed by atoms with Crippen molar-refractivity contribution < 1.29 is 14.1 Å². The highest BCUT2D eigenvalue weighted by molar-refractivity contribution is 6.33. The minimum Gasteiger partial charge on any atom is -0.477 e. The van der Waals surface area contributed by atoms with Crippen LogP contribution in [0.25, 0.3) is 11.3 Å². The van der Waals surface area contributed by atoms with Crippen LogP contribution >= 0.6 is 24.0 Å². The van der Waals surface area contributed by atoms with Crippen molar-refractivity contribution in [1.29, 1.82) is 0 Å². The van der Waals surface area contributed by atoms with Crippen molar-refractivity contribution in [1.82, 2.24) is 20.3 Å². The summed E-state index contributed by atoms with van der Waals surface area (Å²) in [5, 5.41) is 13.0. The fourth-order valence-electron chi connectivity index (χ4n) is 3.52. The van der Waals surface area contributed by atoms with Gasteiger partial charge in [0.15, 0.2) is 5.82 Å². The molecule has 0 atom stereocenters. The number of rotatable bonds is 6. The standard InChI is InChI=1S/C22H24ClN5O3.ClH/c1-3-14-30-19-9-8-18(24-25-19)27-10-12-28(13-11-27)22(29)20-15(2)31-26-21(20)16-6-4-5-7-17(16)23;/h4-9H,3,10-14H2,1-2H3;1H. The van der Waals surface area contributed by atoms with Gasteiger partial charge in [-0.05, 0) is 25.5 Å². The van der Waals surface area contributed by atoms with Crippen LogP contribution < -0.4 is 9.64 Å². The fraction of sp³-hybridized carbons (Fsp3) is 0.364. The third kappa shape index (κ3) is 4.97. The molecular weight excluding hydrogens is 453 g/mol. The predicted octanol–water partition coefficient (Wildman–Crippen LogP) is 4.27. The zero-order chi connectivity index (χ0) is 21.8. The Morgan fingerprint density at radius 2 is 1.88 bits per heavy atom. The Bertz CT molecular complexity index is 1050. The van der Waals surface area contributed by atoms with Crippen LogP contribution in [0, 0.1) is 6.92 Å². The quantitative estimate of drug-likeness (QED) is 0.523. The van der Waals surface area contributed by atoms with E-state index in [1.807, 2.05) is 42.2 Å². The Morgan fingerprint density at radius 3 is 2.53 bits per heavy atom. The van der Waals surface area contributed by atoms with Gasteiger partial charge in [0.25, 0.3) is 5.91 Å². The van der Waals surface area contributed by atoms with Crippen molar-refractivity contribution in [2.24, 2.45) is 0 Å². The molecule has 1 fully saturated rings. The lowest BCUT2D eigenvalue weighted by Gasteiger charge is -2.35. The molecule has 4 rings (SSSR count). The molecule has 32 heavy (non-hydrogen) atoms. The number of piperazine rings is 1. The summed E-state index contributed by atoms with van der Waals surface area (Å²) in [7, 11) is 0. The van der Waals surface area contributed by atoms with Crippen molar-refractivity contribution in [3.8, 4) is 17.1 Å². The third-order valence-corrected chi connectivity index (χ3v) is 5.51. The largest absolute Gasteiger partial charge is 0.477 e. The van der Waals surface area contributed by atoms with E-state index >= 15 is 0 Å². The van der Waals surface area contributed by atoms with Gasteiger partial charge in [0.05, 0.1) is 11.6 Å². The molecule has 170 valence electrons. The summed E-state index contributed by atoms with van der Waals surface area (Å²) in [6, 6.07) is 11.0. The first-order chi connectivity index (χ1) is 15.1. The van der Waals surface area contributed by atoms with E-state index in [1.54, 1.807) is 13.0 Å². The second-order valence-corrected chi connectivity index (χ2v) is 7.71. The van der Waals surface area contributed by atoms with Gasteiger partial charge in [-0.25, -0.2) is 0 Å². The second kappa shape index (κ2) is 10.7. The van der Waals surface area contributed by atoms with E-state index in [-0.39, 0.29) is 18.3 Å². The summed E-state index contributed by atoms with van der Waals surface area (Å²) >= 11 is 6.32. The van der Waals surface area contributed by atoms with E-state index in [9.17, 15) is 4.79 Å². The van der Waals surface area contributed by atoms with Crippen molar-refractivity contribution in [3.63, 3.8) is 0 Å². The van der Waals surface area contributed by atoms with Crippen molar-refractivity contribution in [2.75, 3.05) is 37.7 Å². The molecule has 0 N–H and O–H groups in total. The van der Waals surface area contributed by atoms with Crippen LogP contribution in [-0.2, 0) is 0 Å². The Balaban J connectivity index is 0.00000289. The van der Waals surface area contributed by atoms with Crippen LogP contribution in [-0.4, -0.2) is 58.9 Å². The highest BCUT2D eigenvalue weighted by atomic mass is 35.5. The average Bonchev–Trinajstić information content (AvgIpc) is 3.19. The summed E-state index contributed by atoms with van der Waals surface area (Å²) in [5.74, 6) is 1.67. The van der Waals surface area contributed by atoms with E-state index < -0.39 is 0 Å². The molecule has 3 aromatic rings. The molecule has 0 radical (unpaired) electrons. The normalized spacial score (nSPS) is 13.6. The number of carbonyl (C=O) groups excluding carboxylic acids is 1. The van der Waals surface area contributed by atoms with Gasteiger partial charge < -0.3 is 19.1 Å². The minimum absolute atomic E-state index is 0. The Morgan fingerprint density at radius 1 is 1.12 bits per heavy atom. The number of nitrogens with zero attached hydrogens (tertiary/aromatic N) is 5. The molecule has 10 heteroatoms. The first kappa shape index (κ1) is 23.8. The van der Waals surface area contributed by atoms with E-state index in [0.29, 0.717) is 66.3 Å². The van der Waals surface area contributed by atoms with Crippen LogP contribution in [0.4, 0.5) is 5.82 Å². The van der Waals surface area contributed by atoms with Gasteiger partial charge >= 0.3 is 0 Å². The van der Waals surface area contributed by atoms with Gasteiger partial charge in [0.1, 0.15) is 17.0 Å². The fourth-order valence-corrected chi connectivity index (χ4v) is 3.75. The molecule has 0 spiro atoms. The number of amides is 1. The maximum atomic E-state index is 13.3. The number of hydrogen-bond donors (Lipinski definition) is 0. The van der Waals surface area contributed by atoms with Gasteiger partial charge in [0, 0.05) is 37.8 Å². The molecule has 1 saturated heterocycles. The summed E-state index contributed by atoms with van der Waals surface area (Å²) in [6.07, 6.45) is 0.920. The lowest BCUT2D eigenvalue weighted by Crippen LogP contribution is -2.49. The van der Waals surface area contributed by atoms with Gasteiger partial charge in [-0.1, -0.05) is 41.9 Å². The van der Waals surface area contributed by atoms with Gasteiger partial charge in [-0.3, -0.25) is 4.79 Å². The smallest absolute Gasteiger partial charge is 0.259 e. The molecular formula is C22H25Cl2N5O3. The van der Waals surface area contributed by atoms with Crippen molar-refractivity contribution in [2.45, 2.75) is 20.3 Å². The predicted molar refractivity (Wildman–Crippen MR) is 125 cm³/mol. The highest BCUT2D eigenvalue weighted by Gasteiger charge is 2.29. The molecule has 0 bridgehead atoms. The van der Waals surface area contributed by atoms with E-state index in [4.69, 9.17) is 20.9 Å². The van der Waals surface area contributed by atoms with E-state index in [1.165, 1.54) is 0 Å². The van der Waals surface area contributed by atoms with Crippen LogP contribution in [0.2, 0.25) is 5.02 Å². The number of hydrogen-bond acceptors (Lipinski definition) is 7. The maximum absolute atomic E-state index is 13.3. The first-order valence-electron chi connectivity index (χ1n) is 10.3. The number of ether oxygens (including phenoxy) is 1. The molecule has 1 amide bonds. The first-order valence-corrected chi connectivity index (χ1v) is 10.7. The van der Waals surface area contributed by atoms with Crippen molar-refractivity contribution >= 4 is 35.7 Å². The topological polar surface area (TPSA) is 84.6 Å². The summed E-state index contributed by atoms with van der Waals surface area (Å²) in [4.78, 5) is 17.2. The van der Waals surface area contributed by atoms with Crippen LogP contribution in [0.1, 0.15) is 29.5 Å². The maximum Gasteiger partial charge on any atom is 0.259 e. The molecule has 8 nitrogen and oxygen atoms in total. The molecule has 2 aromatic heterocycles. The van der Waals surface area contributed by atoms with E-state index in [0.717, 1.165) is 12.2 Å². The Labute approximate surface area is 197 Å². The summed E-state index contributed by atoms with van der Waals surface area (Å²) in [5.41, 5.74) is 1.62. The number of aryl methyl sites for hydroxylation is 1. The van der Waals surface area contributed by atoms with Crippen molar-refractivity contribution in [3.05, 3.63) is 52.7 Å². The number of anilines is 1. The van der Waals surface area contributed by atoms with Gasteiger partial charge in [-0.2, -0.15) is 0 Å². The molecule has 0 aliphatic carbocycles. The Kier molecular flexibility index (Phi) is 7.93. The Hall–Kier alpha value is -2.84. The molecule has 1 aliphatic heterocycles. The zero-order valence-corrected chi connectivity index (χ0v) is 19.5. The second-order valence-electron chi connectivity index (χ2n) is 7.30. The molecule has 1 aromatic carbocycles. The van der Waals surface area contributed by atoms with Crippen LogP contribution in [0.15, 0.2) is 40.9 Å². The van der Waals surface area contributed by atoms with Gasteiger partial charge in [0.2, 0.25) is 5.88 Å². The summed E-state index contributed by atoms with van der Waals surface area (Å²) in [6.45, 7) is 6.83. The van der Waals surface area contributed by atoms with Crippen LogP contribution in [0.3, 0.4) is 0 Å². The number of halogens is 2. The number of carbonyl (C=O) groups is 1. The minimum atomic E-state index is -0.109. The SMILES string of the molecule is CCCOc1ccc(N2CCN(C(=O)c3c(-c4ccccc4Cl)noc3C)CC2)nn1.Cl. The monoisotopic (exact) mass is 477 g/mol. The lowest BCUT2D eigenvalue weighted by molar-refractivity contribution is 0.0745. The molecule has 0 saturated carbocycles.